The third kappa shape index (κ3) is 2.44. The van der Waals surface area contributed by atoms with Crippen LogP contribution in [-0.4, -0.2) is 24.7 Å². The summed E-state index contributed by atoms with van der Waals surface area (Å²) < 4.78 is 7.77. The molecular weight excluding hydrogens is 286 g/mol. The molecule has 2 aromatic rings. The number of hydrogen-bond acceptors (Lipinski definition) is 5. The Balaban J connectivity index is 1.86. The highest BCUT2D eigenvalue weighted by atomic mass is 79.9. The van der Waals surface area contributed by atoms with Gasteiger partial charge < -0.3 is 4.74 Å². The number of aryl methyl sites for hydroxylation is 1. The van der Waals surface area contributed by atoms with Crippen LogP contribution in [0.4, 0.5) is 0 Å². The largest absolute Gasteiger partial charge is 0.404 e. The van der Waals surface area contributed by atoms with E-state index >= 15 is 0 Å². The monoisotopic (exact) mass is 295 g/mol. The van der Waals surface area contributed by atoms with Gasteiger partial charge in [0.25, 0.3) is 0 Å². The molecule has 88 valence electrons. The second kappa shape index (κ2) is 4.06. The SMILES string of the molecule is Cn1cnc(Oc2cc(Br)nc(C3CC3)n2)n1. The first-order valence-electron chi connectivity index (χ1n) is 5.29. The van der Waals surface area contributed by atoms with Crippen LogP contribution < -0.4 is 4.74 Å². The fourth-order valence-corrected chi connectivity index (χ4v) is 1.83. The fraction of sp³-hybridized carbons (Fsp3) is 0.400. The molecule has 0 amide bonds. The minimum atomic E-state index is 0.292. The standard InChI is InChI=1S/C10H10BrN5O/c1-16-5-12-10(15-16)17-8-4-7(11)13-9(14-8)6-2-3-6/h4-6H,2-3H2,1H3. The third-order valence-electron chi connectivity index (χ3n) is 2.41. The summed E-state index contributed by atoms with van der Waals surface area (Å²) in [5.74, 6) is 1.77. The van der Waals surface area contributed by atoms with Crippen LogP contribution in [0.1, 0.15) is 24.6 Å². The molecule has 0 aliphatic heterocycles. The van der Waals surface area contributed by atoms with E-state index in [1.165, 1.54) is 0 Å². The van der Waals surface area contributed by atoms with Crippen molar-refractivity contribution in [3.8, 4) is 11.9 Å². The van der Waals surface area contributed by atoms with Gasteiger partial charge in [0.05, 0.1) is 0 Å². The van der Waals surface area contributed by atoms with E-state index < -0.39 is 0 Å². The molecule has 2 aromatic heterocycles. The molecule has 1 aliphatic carbocycles. The van der Waals surface area contributed by atoms with E-state index in [0.29, 0.717) is 17.8 Å². The van der Waals surface area contributed by atoms with Gasteiger partial charge in [0, 0.05) is 19.0 Å². The van der Waals surface area contributed by atoms with Gasteiger partial charge in [-0.25, -0.2) is 4.98 Å². The first kappa shape index (κ1) is 10.6. The average molecular weight is 296 g/mol. The van der Waals surface area contributed by atoms with Gasteiger partial charge >= 0.3 is 6.01 Å². The van der Waals surface area contributed by atoms with E-state index in [0.717, 1.165) is 23.3 Å². The molecule has 3 rings (SSSR count). The van der Waals surface area contributed by atoms with Crippen LogP contribution in [0, 0.1) is 0 Å². The molecule has 1 fully saturated rings. The lowest BCUT2D eigenvalue weighted by atomic mass is 10.4. The second-order valence-electron chi connectivity index (χ2n) is 3.96. The maximum absolute atomic E-state index is 5.47. The Hall–Kier alpha value is -1.50. The maximum atomic E-state index is 5.47. The minimum Gasteiger partial charge on any atom is -0.404 e. The molecule has 0 bridgehead atoms. The second-order valence-corrected chi connectivity index (χ2v) is 4.78. The van der Waals surface area contributed by atoms with Gasteiger partial charge in [0.15, 0.2) is 0 Å². The van der Waals surface area contributed by atoms with Crippen LogP contribution in [0.25, 0.3) is 0 Å². The Morgan fingerprint density at radius 3 is 2.88 bits per heavy atom. The summed E-state index contributed by atoms with van der Waals surface area (Å²) in [6.07, 6.45) is 3.88. The Bertz CT molecular complexity index is 551. The van der Waals surface area contributed by atoms with Crippen molar-refractivity contribution < 1.29 is 4.74 Å². The number of ether oxygens (including phenoxy) is 1. The quantitative estimate of drug-likeness (QED) is 0.811. The lowest BCUT2D eigenvalue weighted by Gasteiger charge is -2.03. The van der Waals surface area contributed by atoms with Crippen molar-refractivity contribution in [2.75, 3.05) is 0 Å². The van der Waals surface area contributed by atoms with Crippen molar-refractivity contribution in [1.82, 2.24) is 24.7 Å². The molecule has 0 radical (unpaired) electrons. The van der Waals surface area contributed by atoms with Crippen LogP contribution >= 0.6 is 15.9 Å². The zero-order valence-electron chi connectivity index (χ0n) is 9.17. The third-order valence-corrected chi connectivity index (χ3v) is 2.81. The molecule has 7 heteroatoms. The molecule has 0 aromatic carbocycles. The number of aromatic nitrogens is 5. The van der Waals surface area contributed by atoms with Gasteiger partial charge in [-0.3, -0.25) is 4.68 Å². The van der Waals surface area contributed by atoms with Crippen LogP contribution in [0.2, 0.25) is 0 Å². The molecule has 0 unspecified atom stereocenters. The molecule has 17 heavy (non-hydrogen) atoms. The van der Waals surface area contributed by atoms with E-state index in [1.807, 2.05) is 0 Å². The van der Waals surface area contributed by atoms with E-state index in [-0.39, 0.29) is 0 Å². The summed E-state index contributed by atoms with van der Waals surface area (Å²) in [6.45, 7) is 0. The van der Waals surface area contributed by atoms with Gasteiger partial charge in [0.2, 0.25) is 5.88 Å². The zero-order valence-corrected chi connectivity index (χ0v) is 10.8. The van der Waals surface area contributed by atoms with Gasteiger partial charge in [-0.15, -0.1) is 5.10 Å². The summed E-state index contributed by atoms with van der Waals surface area (Å²) in [4.78, 5) is 12.7. The lowest BCUT2D eigenvalue weighted by molar-refractivity contribution is 0.418. The van der Waals surface area contributed by atoms with Crippen LogP contribution in [0.5, 0.6) is 11.9 Å². The Morgan fingerprint density at radius 2 is 2.24 bits per heavy atom. The first-order chi connectivity index (χ1) is 8.20. The Kier molecular flexibility index (Phi) is 2.54. The van der Waals surface area contributed by atoms with E-state index in [2.05, 4.69) is 36.0 Å². The molecular formula is C10H10BrN5O. The maximum Gasteiger partial charge on any atom is 0.342 e. The molecule has 6 nitrogen and oxygen atoms in total. The van der Waals surface area contributed by atoms with Crippen LogP contribution in [0.15, 0.2) is 17.0 Å². The number of rotatable bonds is 3. The van der Waals surface area contributed by atoms with Crippen molar-refractivity contribution >= 4 is 15.9 Å². The van der Waals surface area contributed by atoms with Gasteiger partial charge in [-0.1, -0.05) is 0 Å². The van der Waals surface area contributed by atoms with Crippen molar-refractivity contribution in [2.24, 2.45) is 7.05 Å². The fourth-order valence-electron chi connectivity index (χ4n) is 1.45. The van der Waals surface area contributed by atoms with E-state index in [4.69, 9.17) is 4.74 Å². The highest BCUT2D eigenvalue weighted by Gasteiger charge is 2.27. The topological polar surface area (TPSA) is 65.7 Å². The molecule has 0 atom stereocenters. The van der Waals surface area contributed by atoms with Crippen LogP contribution in [0.3, 0.4) is 0 Å². The van der Waals surface area contributed by atoms with E-state index in [9.17, 15) is 0 Å². The Morgan fingerprint density at radius 1 is 1.41 bits per heavy atom. The van der Waals surface area contributed by atoms with Gasteiger partial charge in [-0.2, -0.15) is 9.97 Å². The number of nitrogens with zero attached hydrogens (tertiary/aromatic N) is 5. The molecule has 1 saturated carbocycles. The summed E-state index contributed by atoms with van der Waals surface area (Å²) >= 11 is 3.35. The summed E-state index contributed by atoms with van der Waals surface area (Å²) in [5.41, 5.74) is 0. The smallest absolute Gasteiger partial charge is 0.342 e. The molecule has 2 heterocycles. The molecule has 0 N–H and O–H groups in total. The summed E-state index contributed by atoms with van der Waals surface area (Å²) in [7, 11) is 1.78. The van der Waals surface area contributed by atoms with Crippen molar-refractivity contribution in [2.45, 2.75) is 18.8 Å². The normalized spacial score (nSPS) is 14.9. The highest BCUT2D eigenvalue weighted by molar-refractivity contribution is 9.10. The van der Waals surface area contributed by atoms with Crippen LogP contribution in [-0.2, 0) is 7.05 Å². The summed E-state index contributed by atoms with van der Waals surface area (Å²) in [6, 6.07) is 2.00. The van der Waals surface area contributed by atoms with Crippen molar-refractivity contribution in [3.05, 3.63) is 22.8 Å². The lowest BCUT2D eigenvalue weighted by Crippen LogP contribution is -1.97. The molecule has 0 spiro atoms. The summed E-state index contributed by atoms with van der Waals surface area (Å²) in [5, 5.41) is 4.03. The first-order valence-corrected chi connectivity index (χ1v) is 6.08. The Labute approximate surface area is 106 Å². The number of halogens is 1. The van der Waals surface area contributed by atoms with Gasteiger partial charge in [0.1, 0.15) is 16.8 Å². The zero-order chi connectivity index (χ0) is 11.8. The van der Waals surface area contributed by atoms with Gasteiger partial charge in [-0.05, 0) is 28.8 Å². The molecule has 1 aliphatic rings. The minimum absolute atomic E-state index is 0.292. The number of hydrogen-bond donors (Lipinski definition) is 0. The van der Waals surface area contributed by atoms with Crippen molar-refractivity contribution in [1.29, 1.82) is 0 Å². The highest BCUT2D eigenvalue weighted by Crippen LogP contribution is 2.39. The van der Waals surface area contributed by atoms with Crippen molar-refractivity contribution in [3.63, 3.8) is 0 Å². The average Bonchev–Trinajstić information content (AvgIpc) is 3.03. The predicted octanol–water partition coefficient (Wildman–Crippen LogP) is 2.04. The van der Waals surface area contributed by atoms with E-state index in [1.54, 1.807) is 24.1 Å². The molecule has 0 saturated heterocycles. The predicted molar refractivity (Wildman–Crippen MR) is 62.8 cm³/mol.